The molecule has 0 amide bonds. The van der Waals surface area contributed by atoms with Gasteiger partial charge in [0.2, 0.25) is 0 Å². The van der Waals surface area contributed by atoms with Gasteiger partial charge in [-0.15, -0.1) is 0 Å². The first-order valence-electron chi connectivity index (χ1n) is 10.5. The first-order valence-corrected chi connectivity index (χ1v) is 10.5. The van der Waals surface area contributed by atoms with Gasteiger partial charge in [-0.25, -0.2) is 0 Å². The molecule has 1 unspecified atom stereocenters. The van der Waals surface area contributed by atoms with Crippen LogP contribution in [0.15, 0.2) is 30.5 Å². The van der Waals surface area contributed by atoms with Crippen LogP contribution in [0.25, 0.3) is 10.9 Å². The molecule has 3 aliphatic rings. The molecule has 5 rings (SSSR count). The molecule has 0 spiro atoms. The zero-order valence-electron chi connectivity index (χ0n) is 15.9. The molecule has 0 N–H and O–H groups in total. The van der Waals surface area contributed by atoms with Crippen LogP contribution in [0.2, 0.25) is 0 Å². The van der Waals surface area contributed by atoms with Gasteiger partial charge >= 0.3 is 0 Å². The van der Waals surface area contributed by atoms with Crippen LogP contribution >= 0.6 is 0 Å². The van der Waals surface area contributed by atoms with Crippen molar-refractivity contribution < 1.29 is 4.74 Å². The summed E-state index contributed by atoms with van der Waals surface area (Å²) in [5, 5.41) is 5.86. The lowest BCUT2D eigenvalue weighted by molar-refractivity contribution is -0.0276. The molecule has 1 saturated carbocycles. The molecule has 4 nitrogen and oxygen atoms in total. The summed E-state index contributed by atoms with van der Waals surface area (Å²) in [5.74, 6) is 1.50. The monoisotopic (exact) mass is 353 g/mol. The molecule has 1 aromatic heterocycles. The van der Waals surface area contributed by atoms with E-state index in [2.05, 4.69) is 45.9 Å². The number of rotatable bonds is 7. The second-order valence-corrected chi connectivity index (χ2v) is 8.94. The smallest absolute Gasteiger partial charge is 0.0682 e. The molecule has 1 aromatic carbocycles. The highest BCUT2D eigenvalue weighted by atomic mass is 16.5. The van der Waals surface area contributed by atoms with Gasteiger partial charge in [0, 0.05) is 37.2 Å². The summed E-state index contributed by atoms with van der Waals surface area (Å²) in [6, 6.07) is 10.0. The Morgan fingerprint density at radius 1 is 1.08 bits per heavy atom. The third-order valence-corrected chi connectivity index (χ3v) is 6.66. The van der Waals surface area contributed by atoms with Crippen molar-refractivity contribution in [1.29, 1.82) is 0 Å². The third kappa shape index (κ3) is 3.41. The van der Waals surface area contributed by atoms with Crippen LogP contribution in [-0.4, -0.2) is 46.0 Å². The average molecular weight is 354 g/mol. The topological polar surface area (TPSA) is 30.3 Å². The highest BCUT2D eigenvalue weighted by Crippen LogP contribution is 2.38. The summed E-state index contributed by atoms with van der Waals surface area (Å²) in [5.41, 5.74) is 1.26. The maximum absolute atomic E-state index is 6.23. The number of hydrogen-bond donors (Lipinski definition) is 0. The Bertz CT molecular complexity index is 739. The average Bonchev–Trinajstić information content (AvgIpc) is 3.36. The molecule has 0 radical (unpaired) electrons. The predicted molar refractivity (Wildman–Crippen MR) is 104 cm³/mol. The lowest BCUT2D eigenvalue weighted by atomic mass is 9.98. The summed E-state index contributed by atoms with van der Waals surface area (Å²) in [4.78, 5) is 2.80. The van der Waals surface area contributed by atoms with E-state index in [-0.39, 0.29) is 0 Å². The zero-order valence-corrected chi connectivity index (χ0v) is 15.9. The van der Waals surface area contributed by atoms with Crippen molar-refractivity contribution in [2.75, 3.05) is 13.2 Å². The summed E-state index contributed by atoms with van der Waals surface area (Å²) in [6.45, 7) is 5.60. The predicted octanol–water partition coefficient (Wildman–Crippen LogP) is 4.09. The Kier molecular flexibility index (Phi) is 4.49. The second kappa shape index (κ2) is 6.97. The van der Waals surface area contributed by atoms with Crippen LogP contribution in [0.1, 0.15) is 45.4 Å². The third-order valence-electron chi connectivity index (χ3n) is 6.66. The molecular weight excluding hydrogens is 322 g/mol. The van der Waals surface area contributed by atoms with Gasteiger partial charge in [-0.1, -0.05) is 25.1 Å². The first-order chi connectivity index (χ1) is 12.8. The number of hydrogen-bond acceptors (Lipinski definition) is 3. The maximum atomic E-state index is 6.23. The maximum Gasteiger partial charge on any atom is 0.0682 e. The van der Waals surface area contributed by atoms with Crippen LogP contribution in [-0.2, 0) is 11.3 Å². The summed E-state index contributed by atoms with van der Waals surface area (Å²) in [6.07, 6.45) is 10.5. The molecule has 2 aliphatic heterocycles. The quantitative estimate of drug-likeness (QED) is 0.751. The Hall–Kier alpha value is -1.39. The molecule has 26 heavy (non-hydrogen) atoms. The molecule has 2 bridgehead atoms. The number of nitrogens with zero attached hydrogens (tertiary/aromatic N) is 3. The number of fused-ring (bicyclic) bond motifs is 3. The fourth-order valence-electron chi connectivity index (χ4n) is 5.10. The van der Waals surface area contributed by atoms with E-state index < -0.39 is 0 Å². The minimum atomic E-state index is 0.523. The molecule has 2 aromatic rings. The van der Waals surface area contributed by atoms with Crippen molar-refractivity contribution in [3.8, 4) is 0 Å². The van der Waals surface area contributed by atoms with Gasteiger partial charge in [0.05, 0.1) is 17.8 Å². The van der Waals surface area contributed by atoms with Gasteiger partial charge in [0.1, 0.15) is 0 Å². The van der Waals surface area contributed by atoms with Crippen molar-refractivity contribution in [1.82, 2.24) is 14.7 Å². The van der Waals surface area contributed by atoms with Crippen molar-refractivity contribution in [2.24, 2.45) is 11.8 Å². The Balaban J connectivity index is 1.18. The summed E-state index contributed by atoms with van der Waals surface area (Å²) in [7, 11) is 0. The molecule has 4 heteroatoms. The van der Waals surface area contributed by atoms with Crippen LogP contribution in [0.4, 0.5) is 0 Å². The number of piperidine rings is 1. The standard InChI is InChI=1S/C22H31N3O/c1-16(14-25-22-5-3-2-4-18(22)12-23-25)13-24-19-8-9-20(24)11-21(10-19)26-15-17-6-7-17/h2-5,12,16-17,19-21H,6-11,13-15H2,1H3/t16?,19-,20+,21-. The highest BCUT2D eigenvalue weighted by molar-refractivity contribution is 5.78. The molecule has 140 valence electrons. The fourth-order valence-corrected chi connectivity index (χ4v) is 5.10. The van der Waals surface area contributed by atoms with E-state index in [1.54, 1.807) is 0 Å². The van der Waals surface area contributed by atoms with Crippen LogP contribution < -0.4 is 0 Å². The van der Waals surface area contributed by atoms with E-state index in [0.29, 0.717) is 12.0 Å². The minimum absolute atomic E-state index is 0.523. The molecule has 3 heterocycles. The van der Waals surface area contributed by atoms with E-state index in [9.17, 15) is 0 Å². The lowest BCUT2D eigenvalue weighted by Crippen LogP contribution is -2.47. The molecule has 3 fully saturated rings. The Morgan fingerprint density at radius 2 is 1.85 bits per heavy atom. The van der Waals surface area contributed by atoms with Gasteiger partial charge in [0.15, 0.2) is 0 Å². The number of benzene rings is 1. The molecule has 2 saturated heterocycles. The molecule has 1 aliphatic carbocycles. The minimum Gasteiger partial charge on any atom is -0.378 e. The van der Waals surface area contributed by atoms with Crippen LogP contribution in [0.3, 0.4) is 0 Å². The van der Waals surface area contributed by atoms with Crippen molar-refractivity contribution in [3.05, 3.63) is 30.5 Å². The zero-order chi connectivity index (χ0) is 17.5. The highest BCUT2D eigenvalue weighted by Gasteiger charge is 2.41. The normalized spacial score (nSPS) is 30.1. The first kappa shape index (κ1) is 16.8. The van der Waals surface area contributed by atoms with E-state index in [1.165, 1.54) is 56.0 Å². The summed E-state index contributed by atoms with van der Waals surface area (Å²) >= 11 is 0. The molecule has 4 atom stereocenters. The number of ether oxygens (including phenoxy) is 1. The molecular formula is C22H31N3O. The van der Waals surface area contributed by atoms with Crippen molar-refractivity contribution >= 4 is 10.9 Å². The van der Waals surface area contributed by atoms with E-state index in [0.717, 1.165) is 31.2 Å². The number of para-hydroxylation sites is 1. The number of aromatic nitrogens is 2. The van der Waals surface area contributed by atoms with E-state index in [1.807, 2.05) is 6.20 Å². The van der Waals surface area contributed by atoms with Crippen molar-refractivity contribution in [2.45, 2.75) is 70.2 Å². The second-order valence-electron chi connectivity index (χ2n) is 8.94. The van der Waals surface area contributed by atoms with Crippen LogP contribution in [0.5, 0.6) is 0 Å². The van der Waals surface area contributed by atoms with Crippen molar-refractivity contribution in [3.63, 3.8) is 0 Å². The van der Waals surface area contributed by atoms with Gasteiger partial charge in [-0.3, -0.25) is 9.58 Å². The van der Waals surface area contributed by atoms with Crippen LogP contribution in [0, 0.1) is 11.8 Å². The van der Waals surface area contributed by atoms with Gasteiger partial charge in [-0.2, -0.15) is 5.10 Å². The van der Waals surface area contributed by atoms with Gasteiger partial charge in [-0.05, 0) is 56.4 Å². The summed E-state index contributed by atoms with van der Waals surface area (Å²) < 4.78 is 8.42. The lowest BCUT2D eigenvalue weighted by Gasteiger charge is -2.40. The van der Waals surface area contributed by atoms with E-state index in [4.69, 9.17) is 4.74 Å². The largest absolute Gasteiger partial charge is 0.378 e. The Labute approximate surface area is 156 Å². The van der Waals surface area contributed by atoms with Gasteiger partial charge in [0.25, 0.3) is 0 Å². The van der Waals surface area contributed by atoms with E-state index >= 15 is 0 Å². The Morgan fingerprint density at radius 3 is 2.62 bits per heavy atom. The SMILES string of the molecule is CC(CN1[C@@H]2CC[C@H]1C[C@H](OCC1CC1)C2)Cn1ncc2ccccc21. The van der Waals surface area contributed by atoms with Gasteiger partial charge < -0.3 is 4.74 Å². The fraction of sp³-hybridized carbons (Fsp3) is 0.682.